The van der Waals surface area contributed by atoms with E-state index in [0.717, 1.165) is 0 Å². The summed E-state index contributed by atoms with van der Waals surface area (Å²) < 4.78 is 49.9. The van der Waals surface area contributed by atoms with Gasteiger partial charge in [-0.15, -0.1) is 0 Å². The van der Waals surface area contributed by atoms with Crippen LogP contribution >= 0.6 is 0 Å². The highest BCUT2D eigenvalue weighted by molar-refractivity contribution is 7.89. The molecule has 2 heterocycles. The van der Waals surface area contributed by atoms with Crippen LogP contribution < -0.4 is 4.74 Å². The normalized spacial score (nSPS) is 21.5. The fourth-order valence-corrected chi connectivity index (χ4v) is 6.85. The van der Waals surface area contributed by atoms with Gasteiger partial charge in [-0.1, -0.05) is 0 Å². The molecule has 35 heavy (non-hydrogen) atoms. The second kappa shape index (κ2) is 9.58. The molecule has 4 rings (SSSR count). The first-order valence-electron chi connectivity index (χ1n) is 11.7. The van der Waals surface area contributed by atoms with Crippen LogP contribution in [0.15, 0.2) is 47.4 Å². The van der Waals surface area contributed by atoms with Crippen molar-refractivity contribution in [1.82, 2.24) is 14.1 Å². The Hall–Kier alpha value is -2.98. The number of aliphatic carboxylic acids is 1. The van der Waals surface area contributed by atoms with E-state index in [1.165, 1.54) is 16.4 Å². The molecule has 1 N–H and O–H groups in total. The van der Waals surface area contributed by atoms with Crippen molar-refractivity contribution < 1.29 is 27.4 Å². The van der Waals surface area contributed by atoms with Gasteiger partial charge in [0.25, 0.3) is 0 Å². The van der Waals surface area contributed by atoms with Gasteiger partial charge < -0.3 is 9.84 Å². The number of carbonyl (C=O) groups is 1. The van der Waals surface area contributed by atoms with Crippen LogP contribution in [0.5, 0.6) is 5.75 Å². The predicted molar refractivity (Wildman–Crippen MR) is 129 cm³/mol. The Kier molecular flexibility index (Phi) is 6.88. The number of carboxylic acid groups (broad SMARTS) is 1. The maximum atomic E-state index is 14.1. The van der Waals surface area contributed by atoms with Crippen LogP contribution in [0.4, 0.5) is 4.39 Å². The van der Waals surface area contributed by atoms with Crippen LogP contribution in [0.25, 0.3) is 10.9 Å². The summed E-state index contributed by atoms with van der Waals surface area (Å²) in [7, 11) is -3.76. The zero-order valence-corrected chi connectivity index (χ0v) is 21.0. The van der Waals surface area contributed by atoms with Gasteiger partial charge in [0.2, 0.25) is 10.0 Å². The van der Waals surface area contributed by atoms with Crippen molar-refractivity contribution in [3.63, 3.8) is 0 Å². The standard InChI is InChI=1S/C25H30FN3O5S/c1-15(2)34-20-6-8-21(9-7-20)35(32,33)29-16(3)11-19(12-17(29)4)28-24-13-18(26)5-10-22(24)23(27-28)14-25(30)31/h5-10,13,15-17,19H,11-12,14H2,1-4H3,(H,30,31)/t16-,17+,19+. The molecule has 0 unspecified atom stereocenters. The van der Waals surface area contributed by atoms with E-state index in [2.05, 4.69) is 5.10 Å². The van der Waals surface area contributed by atoms with Gasteiger partial charge in [0.1, 0.15) is 11.6 Å². The molecule has 0 spiro atoms. The molecule has 3 atom stereocenters. The third-order valence-electron chi connectivity index (χ3n) is 6.28. The lowest BCUT2D eigenvalue weighted by atomic mass is 9.95. The van der Waals surface area contributed by atoms with Crippen LogP contribution in [0.2, 0.25) is 0 Å². The molecular formula is C25H30FN3O5S. The predicted octanol–water partition coefficient (Wildman–Crippen LogP) is 4.39. The molecule has 3 aromatic rings. The summed E-state index contributed by atoms with van der Waals surface area (Å²) in [5, 5.41) is 14.4. The molecule has 1 fully saturated rings. The summed E-state index contributed by atoms with van der Waals surface area (Å²) in [5.74, 6) is -0.853. The van der Waals surface area contributed by atoms with Crippen LogP contribution in [-0.2, 0) is 21.2 Å². The molecule has 1 saturated heterocycles. The van der Waals surface area contributed by atoms with E-state index >= 15 is 0 Å². The van der Waals surface area contributed by atoms with E-state index in [-0.39, 0.29) is 35.5 Å². The van der Waals surface area contributed by atoms with E-state index in [4.69, 9.17) is 4.74 Å². The number of hydrogen-bond acceptors (Lipinski definition) is 5. The van der Waals surface area contributed by atoms with Crippen molar-refractivity contribution in [3.05, 3.63) is 54.0 Å². The fraction of sp³-hybridized carbons (Fsp3) is 0.440. The number of ether oxygens (including phenoxy) is 1. The molecule has 8 nitrogen and oxygen atoms in total. The van der Waals surface area contributed by atoms with E-state index < -0.39 is 21.8 Å². The van der Waals surface area contributed by atoms with Crippen molar-refractivity contribution in [3.8, 4) is 5.75 Å². The Labute approximate surface area is 204 Å². The number of aromatic nitrogens is 2. The smallest absolute Gasteiger partial charge is 0.309 e. The SMILES string of the molecule is CC(C)Oc1ccc(S(=O)(=O)N2[C@H](C)C[C@H](n3nc(CC(=O)O)c4ccc(F)cc43)C[C@@H]2C)cc1. The first-order chi connectivity index (χ1) is 16.5. The van der Waals surface area contributed by atoms with E-state index in [1.807, 2.05) is 27.7 Å². The highest BCUT2D eigenvalue weighted by atomic mass is 32.2. The van der Waals surface area contributed by atoms with E-state index in [9.17, 15) is 22.7 Å². The van der Waals surface area contributed by atoms with Gasteiger partial charge in [0, 0.05) is 17.5 Å². The average Bonchev–Trinajstić information content (AvgIpc) is 3.09. The maximum Gasteiger partial charge on any atom is 0.309 e. The lowest BCUT2D eigenvalue weighted by Crippen LogP contribution is -2.50. The average molecular weight is 504 g/mol. The van der Waals surface area contributed by atoms with Crippen molar-refractivity contribution in [2.45, 2.75) is 76.1 Å². The van der Waals surface area contributed by atoms with Gasteiger partial charge in [0.15, 0.2) is 0 Å². The number of carboxylic acids is 1. The molecule has 0 radical (unpaired) electrons. The summed E-state index contributed by atoms with van der Waals surface area (Å²) in [4.78, 5) is 11.5. The maximum absolute atomic E-state index is 14.1. The Morgan fingerprint density at radius 1 is 1.14 bits per heavy atom. The summed E-state index contributed by atoms with van der Waals surface area (Å²) in [6.07, 6.45) is 0.624. The van der Waals surface area contributed by atoms with Crippen molar-refractivity contribution in [1.29, 1.82) is 0 Å². The number of rotatable bonds is 7. The second-order valence-electron chi connectivity index (χ2n) is 9.42. The second-order valence-corrected chi connectivity index (χ2v) is 11.3. The number of benzene rings is 2. The van der Waals surface area contributed by atoms with Gasteiger partial charge in [-0.3, -0.25) is 9.48 Å². The monoisotopic (exact) mass is 503 g/mol. The van der Waals surface area contributed by atoms with Gasteiger partial charge in [0.05, 0.1) is 34.7 Å². The number of hydrogen-bond donors (Lipinski definition) is 1. The number of halogens is 1. The molecular weight excluding hydrogens is 473 g/mol. The third-order valence-corrected chi connectivity index (χ3v) is 8.42. The Balaban J connectivity index is 1.62. The van der Waals surface area contributed by atoms with Crippen molar-refractivity contribution in [2.75, 3.05) is 0 Å². The minimum atomic E-state index is -3.76. The lowest BCUT2D eigenvalue weighted by molar-refractivity contribution is -0.136. The number of nitrogens with zero attached hydrogens (tertiary/aromatic N) is 3. The van der Waals surface area contributed by atoms with Gasteiger partial charge in [-0.25, -0.2) is 12.8 Å². The Morgan fingerprint density at radius 2 is 1.77 bits per heavy atom. The van der Waals surface area contributed by atoms with Gasteiger partial charge in [-0.05, 0) is 83.0 Å². The minimum absolute atomic E-state index is 0.0144. The summed E-state index contributed by atoms with van der Waals surface area (Å²) in [6, 6.07) is 9.71. The minimum Gasteiger partial charge on any atom is -0.491 e. The topological polar surface area (TPSA) is 102 Å². The van der Waals surface area contributed by atoms with Crippen LogP contribution in [-0.4, -0.2) is 51.8 Å². The molecule has 0 bridgehead atoms. The largest absolute Gasteiger partial charge is 0.491 e. The number of piperidine rings is 1. The number of fused-ring (bicyclic) bond motifs is 1. The quantitative estimate of drug-likeness (QED) is 0.513. The summed E-state index contributed by atoms with van der Waals surface area (Å²) in [5.41, 5.74) is 0.884. The molecule has 2 aromatic carbocycles. The highest BCUT2D eigenvalue weighted by Gasteiger charge is 2.40. The third kappa shape index (κ3) is 5.04. The Bertz CT molecular complexity index is 1330. The van der Waals surface area contributed by atoms with Crippen LogP contribution in [0.3, 0.4) is 0 Å². The first-order valence-corrected chi connectivity index (χ1v) is 13.1. The summed E-state index contributed by atoms with van der Waals surface area (Å²) >= 11 is 0. The highest BCUT2D eigenvalue weighted by Crippen LogP contribution is 2.37. The molecule has 188 valence electrons. The van der Waals surface area contributed by atoms with E-state index in [0.29, 0.717) is 35.2 Å². The molecule has 1 aliphatic heterocycles. The lowest BCUT2D eigenvalue weighted by Gasteiger charge is -2.41. The molecule has 1 aliphatic rings. The van der Waals surface area contributed by atoms with Gasteiger partial charge in [-0.2, -0.15) is 9.40 Å². The zero-order valence-electron chi connectivity index (χ0n) is 20.2. The molecule has 10 heteroatoms. The van der Waals surface area contributed by atoms with Crippen molar-refractivity contribution in [2.24, 2.45) is 0 Å². The molecule has 1 aromatic heterocycles. The first kappa shape index (κ1) is 25.1. The number of sulfonamides is 1. The van der Waals surface area contributed by atoms with Crippen LogP contribution in [0.1, 0.15) is 52.3 Å². The Morgan fingerprint density at radius 3 is 2.34 bits per heavy atom. The zero-order chi connectivity index (χ0) is 25.5. The van der Waals surface area contributed by atoms with Crippen molar-refractivity contribution >= 4 is 26.9 Å². The van der Waals surface area contributed by atoms with Crippen LogP contribution in [0, 0.1) is 5.82 Å². The van der Waals surface area contributed by atoms with Gasteiger partial charge >= 0.3 is 5.97 Å². The molecule has 0 saturated carbocycles. The van der Waals surface area contributed by atoms with E-state index in [1.54, 1.807) is 35.0 Å². The molecule has 0 amide bonds. The fourth-order valence-electron chi connectivity index (χ4n) is 5.01. The molecule has 0 aliphatic carbocycles. The summed E-state index contributed by atoms with van der Waals surface area (Å²) in [6.45, 7) is 7.50.